The average Bonchev–Trinajstić information content (AvgIpc) is 2.77. The number of halogens is 10. The van der Waals surface area contributed by atoms with E-state index in [-0.39, 0.29) is 43.8 Å². The van der Waals surface area contributed by atoms with Crippen molar-refractivity contribution in [1.29, 1.82) is 0 Å². The number of carbonyl (C=O) groups is 2. The summed E-state index contributed by atoms with van der Waals surface area (Å²) < 4.78 is 77.5. The van der Waals surface area contributed by atoms with Gasteiger partial charge in [-0.3, -0.25) is 4.79 Å². The molecule has 0 heterocycles. The van der Waals surface area contributed by atoms with E-state index in [2.05, 4.69) is 26.6 Å². The van der Waals surface area contributed by atoms with Gasteiger partial charge in [0.25, 0.3) is 5.91 Å². The molecule has 3 N–H and O–H groups in total. The molecule has 0 saturated carbocycles. The fourth-order valence-electron chi connectivity index (χ4n) is 2.88. The second kappa shape index (κ2) is 13.1. The van der Waals surface area contributed by atoms with Crippen molar-refractivity contribution in [3.05, 3.63) is 72.6 Å². The third kappa shape index (κ3) is 9.91. The quantitative estimate of drug-likeness (QED) is 0.158. The fraction of sp³-hybridized carbons (Fsp3) is 0.273. The van der Waals surface area contributed by atoms with Gasteiger partial charge < -0.3 is 16.0 Å². The molecule has 0 radical (unpaired) electrons. The lowest BCUT2D eigenvalue weighted by molar-refractivity contribution is -0.139. The van der Waals surface area contributed by atoms with Gasteiger partial charge in [-0.25, -0.2) is 4.79 Å². The van der Waals surface area contributed by atoms with Crippen LogP contribution in [0.1, 0.15) is 27.4 Å². The number of nitrogens with one attached hydrogen (secondary N) is 3. The molecule has 1 atom stereocenters. The van der Waals surface area contributed by atoms with Gasteiger partial charge in [-0.1, -0.05) is 53.0 Å². The van der Waals surface area contributed by atoms with Gasteiger partial charge in [0.2, 0.25) is 0 Å². The maximum atomic E-state index is 13.7. The van der Waals surface area contributed by atoms with Crippen molar-refractivity contribution < 1.29 is 35.9 Å². The lowest BCUT2D eigenvalue weighted by Gasteiger charge is -2.18. The van der Waals surface area contributed by atoms with Crippen LogP contribution < -0.4 is 16.0 Å². The first-order valence-electron chi connectivity index (χ1n) is 10.1. The van der Waals surface area contributed by atoms with E-state index in [1.165, 1.54) is 24.3 Å². The molecule has 202 valence electrons. The predicted octanol–water partition coefficient (Wildman–Crippen LogP) is 7.36. The van der Waals surface area contributed by atoms with Crippen molar-refractivity contribution in [3.63, 3.8) is 0 Å². The van der Waals surface area contributed by atoms with Crippen LogP contribution in [0.25, 0.3) is 6.08 Å². The first-order valence-corrected chi connectivity index (χ1v) is 12.1. The largest absolute Gasteiger partial charge is 0.405 e. The zero-order chi connectivity index (χ0) is 28.0. The van der Waals surface area contributed by atoms with Gasteiger partial charge >= 0.3 is 18.4 Å². The molecule has 1 unspecified atom stereocenters. The van der Waals surface area contributed by atoms with Crippen molar-refractivity contribution in [1.82, 2.24) is 16.0 Å². The van der Waals surface area contributed by atoms with Gasteiger partial charge in [-0.15, -0.1) is 0 Å². The summed E-state index contributed by atoms with van der Waals surface area (Å²) in [4.78, 5) is 23.6. The van der Waals surface area contributed by atoms with Crippen LogP contribution in [0.4, 0.5) is 31.1 Å². The zero-order valence-corrected chi connectivity index (χ0v) is 22.2. The number of hydrogen-bond donors (Lipinski definition) is 3. The van der Waals surface area contributed by atoms with Gasteiger partial charge in [0.05, 0.1) is 26.5 Å². The number of urea groups is 1. The van der Waals surface area contributed by atoms with Crippen molar-refractivity contribution in [3.8, 4) is 0 Å². The van der Waals surface area contributed by atoms with Crippen molar-refractivity contribution >= 4 is 68.7 Å². The molecule has 2 aromatic carbocycles. The van der Waals surface area contributed by atoms with E-state index in [1.807, 2.05) is 0 Å². The number of hydrogen-bond acceptors (Lipinski definition) is 2. The van der Waals surface area contributed by atoms with Gasteiger partial charge in [0, 0.05) is 17.6 Å². The van der Waals surface area contributed by atoms with E-state index in [0.717, 1.165) is 18.2 Å². The Morgan fingerprint density at radius 3 is 2.05 bits per heavy atom. The lowest BCUT2D eigenvalue weighted by Crippen LogP contribution is -2.43. The van der Waals surface area contributed by atoms with Gasteiger partial charge in [0.1, 0.15) is 6.54 Å². The maximum absolute atomic E-state index is 13.7. The van der Waals surface area contributed by atoms with Gasteiger partial charge in [0.15, 0.2) is 0 Å². The smallest absolute Gasteiger partial charge is 0.350 e. The normalized spacial score (nSPS) is 12.9. The Hall–Kier alpha value is -2.15. The molecule has 0 aliphatic heterocycles. The summed E-state index contributed by atoms with van der Waals surface area (Å²) in [5, 5.41) is 5.91. The van der Waals surface area contributed by atoms with Crippen LogP contribution in [0.15, 0.2) is 40.9 Å². The third-order valence-electron chi connectivity index (χ3n) is 4.58. The topological polar surface area (TPSA) is 70.2 Å². The Morgan fingerprint density at radius 2 is 1.51 bits per heavy atom. The standard InChI is InChI=1S/C22H17BrCl3F6N3O2/c23-15-7-11(2-4-14(22(30,31)32)12-8-16(24)18(26)17(25)9-12)1-3-13(15)19(36)33-5-6-34-20(37)35-10-21(27,28)29/h1-4,7-9,14H,5-6,10H2,(H,33,36)(H2,34,35,37)/b4-2+. The van der Waals surface area contributed by atoms with Crippen molar-refractivity contribution in [2.24, 2.45) is 0 Å². The number of allylic oxidation sites excluding steroid dienone is 1. The Labute approximate surface area is 230 Å². The molecular weight excluding hydrogens is 639 g/mol. The molecule has 2 aromatic rings. The molecule has 0 spiro atoms. The number of benzene rings is 2. The second-order valence-electron chi connectivity index (χ2n) is 7.40. The highest BCUT2D eigenvalue weighted by Crippen LogP contribution is 2.41. The van der Waals surface area contributed by atoms with Crippen LogP contribution in [-0.4, -0.2) is 43.9 Å². The number of amides is 3. The summed E-state index contributed by atoms with van der Waals surface area (Å²) >= 11 is 20.8. The van der Waals surface area contributed by atoms with E-state index in [9.17, 15) is 35.9 Å². The molecule has 5 nitrogen and oxygen atoms in total. The molecule has 0 saturated heterocycles. The fourth-order valence-corrected chi connectivity index (χ4v) is 4.07. The highest BCUT2D eigenvalue weighted by atomic mass is 79.9. The molecule has 0 bridgehead atoms. The monoisotopic (exact) mass is 653 g/mol. The first-order chi connectivity index (χ1) is 17.1. The minimum Gasteiger partial charge on any atom is -0.350 e. The van der Waals surface area contributed by atoms with Crippen molar-refractivity contribution in [2.75, 3.05) is 19.6 Å². The lowest BCUT2D eigenvalue weighted by atomic mass is 9.97. The van der Waals surface area contributed by atoms with Gasteiger partial charge in [-0.05, 0) is 51.3 Å². The highest BCUT2D eigenvalue weighted by Gasteiger charge is 2.39. The van der Waals surface area contributed by atoms with Crippen LogP contribution in [-0.2, 0) is 0 Å². The molecule has 0 aliphatic rings. The molecule has 2 rings (SSSR count). The average molecular weight is 656 g/mol. The summed E-state index contributed by atoms with van der Waals surface area (Å²) in [6, 6.07) is 5.30. The minimum absolute atomic E-state index is 0.0599. The molecule has 3 amide bonds. The van der Waals surface area contributed by atoms with E-state index in [0.29, 0.717) is 5.56 Å². The summed E-state index contributed by atoms with van der Waals surface area (Å²) in [6.07, 6.45) is -7.09. The van der Waals surface area contributed by atoms with E-state index >= 15 is 0 Å². The van der Waals surface area contributed by atoms with E-state index < -0.39 is 36.8 Å². The summed E-state index contributed by atoms with van der Waals surface area (Å²) in [5.74, 6) is -2.62. The maximum Gasteiger partial charge on any atom is 0.405 e. The first kappa shape index (κ1) is 31.1. The molecule has 37 heavy (non-hydrogen) atoms. The number of alkyl halides is 6. The number of carbonyl (C=O) groups excluding carboxylic acids is 2. The van der Waals surface area contributed by atoms with Crippen LogP contribution in [0.3, 0.4) is 0 Å². The van der Waals surface area contributed by atoms with Crippen LogP contribution in [0.5, 0.6) is 0 Å². The Balaban J connectivity index is 2.03. The third-order valence-corrected chi connectivity index (χ3v) is 6.44. The Bertz CT molecular complexity index is 1150. The summed E-state index contributed by atoms with van der Waals surface area (Å²) in [5.41, 5.74) is 0.271. The molecule has 0 aromatic heterocycles. The Morgan fingerprint density at radius 1 is 0.919 bits per heavy atom. The molecule has 15 heteroatoms. The predicted molar refractivity (Wildman–Crippen MR) is 133 cm³/mol. The zero-order valence-electron chi connectivity index (χ0n) is 18.3. The number of rotatable bonds is 8. The van der Waals surface area contributed by atoms with Crippen molar-refractivity contribution in [2.45, 2.75) is 18.3 Å². The Kier molecular flexibility index (Phi) is 11.0. The molecule has 0 fully saturated rings. The van der Waals surface area contributed by atoms with Crippen LogP contribution in [0.2, 0.25) is 15.1 Å². The van der Waals surface area contributed by atoms with Crippen LogP contribution >= 0.6 is 50.7 Å². The van der Waals surface area contributed by atoms with Crippen LogP contribution in [0, 0.1) is 0 Å². The molecular formula is C22H17BrCl3F6N3O2. The summed E-state index contributed by atoms with van der Waals surface area (Å²) in [7, 11) is 0. The van der Waals surface area contributed by atoms with Gasteiger partial charge in [-0.2, -0.15) is 26.3 Å². The molecule has 0 aliphatic carbocycles. The van der Waals surface area contributed by atoms with E-state index in [4.69, 9.17) is 34.8 Å². The second-order valence-corrected chi connectivity index (χ2v) is 9.44. The SMILES string of the molecule is O=C(NCCNC(=O)c1ccc(/C=C/C(c2cc(Cl)c(Cl)c(Cl)c2)C(F)(F)F)cc1Br)NCC(F)(F)F. The summed E-state index contributed by atoms with van der Waals surface area (Å²) in [6.45, 7) is -1.74. The minimum atomic E-state index is -4.66. The van der Waals surface area contributed by atoms with E-state index in [1.54, 1.807) is 5.32 Å². The highest BCUT2D eigenvalue weighted by molar-refractivity contribution is 9.10.